The number of benzene rings is 1. The van der Waals surface area contributed by atoms with Crippen LogP contribution in [0.1, 0.15) is 28.8 Å². The molecule has 5 nitrogen and oxygen atoms in total. The summed E-state index contributed by atoms with van der Waals surface area (Å²) in [7, 11) is -3.60. The van der Waals surface area contributed by atoms with Crippen molar-refractivity contribution in [3.05, 3.63) is 46.3 Å². The lowest BCUT2D eigenvalue weighted by atomic mass is 10.1. The van der Waals surface area contributed by atoms with Crippen molar-refractivity contribution in [1.82, 2.24) is 4.90 Å². The van der Waals surface area contributed by atoms with E-state index < -0.39 is 10.0 Å². The maximum atomic E-state index is 12.7. The molecule has 1 N–H and O–H groups in total. The predicted molar refractivity (Wildman–Crippen MR) is 98.2 cm³/mol. The van der Waals surface area contributed by atoms with E-state index >= 15 is 0 Å². The summed E-state index contributed by atoms with van der Waals surface area (Å²) in [5, 5.41) is 0. The highest BCUT2D eigenvalue weighted by atomic mass is 32.2. The average molecular weight is 377 g/mol. The van der Waals surface area contributed by atoms with Crippen molar-refractivity contribution >= 4 is 33.0 Å². The SMILES string of the molecule is Cc1cccc(NS(=O)(=O)c2cc3c(s2)CCN(C(=O)C2CC2)C3)c1. The Kier molecular flexibility index (Phi) is 4.08. The van der Waals surface area contributed by atoms with E-state index in [1.165, 1.54) is 11.3 Å². The summed E-state index contributed by atoms with van der Waals surface area (Å²) in [5.41, 5.74) is 2.53. The van der Waals surface area contributed by atoms with Crippen molar-refractivity contribution in [2.75, 3.05) is 11.3 Å². The summed E-state index contributed by atoms with van der Waals surface area (Å²) in [5.74, 6) is 0.422. The summed E-state index contributed by atoms with van der Waals surface area (Å²) in [4.78, 5) is 15.2. The third-order valence-electron chi connectivity index (χ3n) is 4.62. The van der Waals surface area contributed by atoms with Crippen LogP contribution in [0.3, 0.4) is 0 Å². The molecule has 0 bridgehead atoms. The fourth-order valence-corrected chi connectivity index (χ4v) is 5.72. The van der Waals surface area contributed by atoms with Crippen molar-refractivity contribution in [3.63, 3.8) is 0 Å². The molecule has 1 fully saturated rings. The second-order valence-electron chi connectivity index (χ2n) is 6.77. The molecule has 0 atom stereocenters. The number of carbonyl (C=O) groups excluding carboxylic acids is 1. The number of anilines is 1. The molecule has 1 aliphatic heterocycles. The smallest absolute Gasteiger partial charge is 0.271 e. The molecular formula is C18H20N2O3S2. The molecule has 1 aliphatic carbocycles. The quantitative estimate of drug-likeness (QED) is 0.891. The number of fused-ring (bicyclic) bond motifs is 1. The van der Waals surface area contributed by atoms with Gasteiger partial charge in [0.15, 0.2) is 0 Å². The summed E-state index contributed by atoms with van der Waals surface area (Å²) in [6, 6.07) is 9.03. The Bertz CT molecular complexity index is 930. The first kappa shape index (κ1) is 16.6. The molecule has 1 aromatic carbocycles. The van der Waals surface area contributed by atoms with Gasteiger partial charge in [-0.25, -0.2) is 8.42 Å². The van der Waals surface area contributed by atoms with Crippen molar-refractivity contribution in [2.45, 2.75) is 36.9 Å². The fraction of sp³-hybridized carbons (Fsp3) is 0.389. The molecule has 0 saturated heterocycles. The topological polar surface area (TPSA) is 66.5 Å². The largest absolute Gasteiger partial charge is 0.338 e. The number of sulfonamides is 1. The second kappa shape index (κ2) is 6.14. The van der Waals surface area contributed by atoms with Gasteiger partial charge in [-0.3, -0.25) is 9.52 Å². The number of hydrogen-bond donors (Lipinski definition) is 1. The zero-order chi connectivity index (χ0) is 17.6. The lowest BCUT2D eigenvalue weighted by molar-refractivity contribution is -0.133. The molecule has 2 heterocycles. The number of hydrogen-bond acceptors (Lipinski definition) is 4. The lowest BCUT2D eigenvalue weighted by Crippen LogP contribution is -2.36. The summed E-state index contributed by atoms with van der Waals surface area (Å²) < 4.78 is 28.3. The van der Waals surface area contributed by atoms with Crippen LogP contribution in [0.15, 0.2) is 34.5 Å². The van der Waals surface area contributed by atoms with Crippen LogP contribution < -0.4 is 4.72 Å². The second-order valence-corrected chi connectivity index (χ2v) is 9.82. The molecule has 2 aliphatic rings. The molecule has 0 spiro atoms. The number of thiophene rings is 1. The highest BCUT2D eigenvalue weighted by Gasteiger charge is 2.35. The maximum Gasteiger partial charge on any atom is 0.271 e. The highest BCUT2D eigenvalue weighted by Crippen LogP contribution is 2.36. The van der Waals surface area contributed by atoms with Crippen LogP contribution in [0, 0.1) is 12.8 Å². The molecule has 1 saturated carbocycles. The van der Waals surface area contributed by atoms with Gasteiger partial charge < -0.3 is 4.90 Å². The van der Waals surface area contributed by atoms with Crippen molar-refractivity contribution < 1.29 is 13.2 Å². The van der Waals surface area contributed by atoms with E-state index in [1.807, 2.05) is 24.0 Å². The van der Waals surface area contributed by atoms with Crippen LogP contribution in [0.2, 0.25) is 0 Å². The third-order valence-corrected chi connectivity index (χ3v) is 7.71. The van der Waals surface area contributed by atoms with E-state index in [4.69, 9.17) is 0 Å². The van der Waals surface area contributed by atoms with Crippen molar-refractivity contribution in [2.24, 2.45) is 5.92 Å². The number of rotatable bonds is 4. The first-order valence-electron chi connectivity index (χ1n) is 8.42. The Labute approximate surface area is 151 Å². The van der Waals surface area contributed by atoms with Gasteiger partial charge in [0.1, 0.15) is 4.21 Å². The van der Waals surface area contributed by atoms with Crippen LogP contribution in [0.5, 0.6) is 0 Å². The fourth-order valence-electron chi connectivity index (χ4n) is 3.13. The van der Waals surface area contributed by atoms with Gasteiger partial charge in [-0.1, -0.05) is 12.1 Å². The van der Waals surface area contributed by atoms with Gasteiger partial charge in [0.2, 0.25) is 5.91 Å². The van der Waals surface area contributed by atoms with Gasteiger partial charge in [0, 0.05) is 29.6 Å². The minimum Gasteiger partial charge on any atom is -0.338 e. The third kappa shape index (κ3) is 3.43. The molecule has 2 aromatic rings. The zero-order valence-corrected chi connectivity index (χ0v) is 15.6. The number of amides is 1. The van der Waals surface area contributed by atoms with Crippen LogP contribution in [0.25, 0.3) is 0 Å². The minimum absolute atomic E-state index is 0.200. The Morgan fingerprint density at radius 3 is 2.80 bits per heavy atom. The van der Waals surface area contributed by atoms with Crippen LogP contribution in [0.4, 0.5) is 5.69 Å². The van der Waals surface area contributed by atoms with Gasteiger partial charge >= 0.3 is 0 Å². The molecule has 1 amide bonds. The molecule has 132 valence electrons. The standard InChI is InChI=1S/C18H20N2O3S2/c1-12-3-2-4-15(9-12)19-25(22,23)17-10-14-11-20(8-7-16(14)24-17)18(21)13-5-6-13/h2-4,9-10,13,19H,5-8,11H2,1H3. The molecule has 25 heavy (non-hydrogen) atoms. The van der Waals surface area contributed by atoms with Gasteiger partial charge in [-0.15, -0.1) is 11.3 Å². The summed E-state index contributed by atoms with van der Waals surface area (Å²) in [6.45, 7) is 3.14. The maximum absolute atomic E-state index is 12.7. The van der Waals surface area contributed by atoms with Gasteiger partial charge in [0.25, 0.3) is 10.0 Å². The molecule has 7 heteroatoms. The number of nitrogens with zero attached hydrogens (tertiary/aromatic N) is 1. The van der Waals surface area contributed by atoms with Crippen molar-refractivity contribution in [3.8, 4) is 0 Å². The van der Waals surface area contributed by atoms with Crippen LogP contribution in [-0.2, 0) is 27.8 Å². The summed E-state index contributed by atoms with van der Waals surface area (Å²) in [6.07, 6.45) is 2.72. The number of carbonyl (C=O) groups is 1. The van der Waals surface area contributed by atoms with E-state index in [-0.39, 0.29) is 11.8 Å². The Balaban J connectivity index is 1.55. The van der Waals surface area contributed by atoms with Gasteiger partial charge in [-0.2, -0.15) is 0 Å². The van der Waals surface area contributed by atoms with Gasteiger partial charge in [-0.05, 0) is 55.5 Å². The van der Waals surface area contributed by atoms with Crippen molar-refractivity contribution in [1.29, 1.82) is 0 Å². The Morgan fingerprint density at radius 2 is 2.08 bits per heavy atom. The molecule has 4 rings (SSSR count). The molecule has 1 aromatic heterocycles. The molecule has 0 unspecified atom stereocenters. The van der Waals surface area contributed by atoms with Crippen LogP contribution in [-0.4, -0.2) is 25.8 Å². The zero-order valence-electron chi connectivity index (χ0n) is 14.0. The van der Waals surface area contributed by atoms with E-state index in [9.17, 15) is 13.2 Å². The monoisotopic (exact) mass is 376 g/mol. The average Bonchev–Trinajstić information content (AvgIpc) is 3.31. The van der Waals surface area contributed by atoms with E-state index in [1.54, 1.807) is 18.2 Å². The Morgan fingerprint density at radius 1 is 1.28 bits per heavy atom. The number of aryl methyl sites for hydroxylation is 1. The normalized spacial score (nSPS) is 17.2. The minimum atomic E-state index is -3.60. The number of nitrogens with one attached hydrogen (secondary N) is 1. The first-order valence-corrected chi connectivity index (χ1v) is 10.7. The lowest BCUT2D eigenvalue weighted by Gasteiger charge is -2.26. The van der Waals surface area contributed by atoms with E-state index in [0.717, 1.165) is 35.3 Å². The predicted octanol–water partition coefficient (Wildman–Crippen LogP) is 3.15. The van der Waals surface area contributed by atoms with E-state index in [2.05, 4.69) is 4.72 Å². The molecular weight excluding hydrogens is 356 g/mol. The highest BCUT2D eigenvalue weighted by molar-refractivity contribution is 7.94. The Hall–Kier alpha value is -1.86. The van der Waals surface area contributed by atoms with Crippen LogP contribution >= 0.6 is 11.3 Å². The van der Waals surface area contributed by atoms with E-state index in [0.29, 0.717) is 23.0 Å². The first-order chi connectivity index (χ1) is 11.9. The summed E-state index contributed by atoms with van der Waals surface area (Å²) >= 11 is 1.32. The van der Waals surface area contributed by atoms with Gasteiger partial charge in [0.05, 0.1) is 0 Å². The molecule has 0 radical (unpaired) electrons.